The molecule has 3 amide bonds. The Labute approximate surface area is 218 Å². The predicted octanol–water partition coefficient (Wildman–Crippen LogP) is 4.36. The Morgan fingerprint density at radius 2 is 1.64 bits per heavy atom. The quantitative estimate of drug-likeness (QED) is 0.209. The van der Waals surface area contributed by atoms with Gasteiger partial charge in [-0.1, -0.05) is 11.6 Å². The van der Waals surface area contributed by atoms with Crippen molar-refractivity contribution in [1.29, 1.82) is 0 Å². The number of carbonyl (C=O) groups is 3. The molecule has 0 saturated carbocycles. The van der Waals surface area contributed by atoms with E-state index >= 15 is 0 Å². The molecule has 0 heterocycles. The smallest absolute Gasteiger partial charge is 0.329 e. The van der Waals surface area contributed by atoms with Crippen LogP contribution in [0.4, 0.5) is 15.8 Å². The molecular formula is C24H19BrClFN4O5. The third-order valence-corrected chi connectivity index (χ3v) is 5.26. The minimum Gasteiger partial charge on any atom is -0.493 e. The highest BCUT2D eigenvalue weighted by molar-refractivity contribution is 9.10. The number of hydrazone groups is 1. The van der Waals surface area contributed by atoms with Gasteiger partial charge in [0.05, 0.1) is 17.8 Å². The summed E-state index contributed by atoms with van der Waals surface area (Å²) < 4.78 is 24.3. The average molecular weight is 578 g/mol. The summed E-state index contributed by atoms with van der Waals surface area (Å²) in [5.41, 5.74) is 3.42. The zero-order valence-electron chi connectivity index (χ0n) is 18.7. The highest BCUT2D eigenvalue weighted by Crippen LogP contribution is 2.36. The summed E-state index contributed by atoms with van der Waals surface area (Å²) in [6, 6.07) is 14.7. The van der Waals surface area contributed by atoms with Gasteiger partial charge in [0.25, 0.3) is 5.91 Å². The molecule has 12 heteroatoms. The van der Waals surface area contributed by atoms with Crippen molar-refractivity contribution in [2.75, 3.05) is 24.4 Å². The Morgan fingerprint density at radius 1 is 1.00 bits per heavy atom. The number of halogens is 3. The van der Waals surface area contributed by atoms with Crippen LogP contribution in [0.25, 0.3) is 0 Å². The molecule has 9 nitrogen and oxygen atoms in total. The highest BCUT2D eigenvalue weighted by Gasteiger charge is 2.15. The van der Waals surface area contributed by atoms with Crippen LogP contribution in [0.2, 0.25) is 5.02 Å². The van der Waals surface area contributed by atoms with Crippen molar-refractivity contribution in [1.82, 2.24) is 5.43 Å². The topological polar surface area (TPSA) is 118 Å². The molecule has 0 aliphatic rings. The Morgan fingerprint density at radius 3 is 2.31 bits per heavy atom. The zero-order valence-corrected chi connectivity index (χ0v) is 21.0. The van der Waals surface area contributed by atoms with Crippen molar-refractivity contribution in [3.63, 3.8) is 0 Å². The fourth-order valence-electron chi connectivity index (χ4n) is 2.76. The van der Waals surface area contributed by atoms with E-state index in [2.05, 4.69) is 37.1 Å². The second-order valence-corrected chi connectivity index (χ2v) is 8.33. The number of hydrogen-bond donors (Lipinski definition) is 3. The summed E-state index contributed by atoms with van der Waals surface area (Å²) in [5.74, 6) is -2.28. The van der Waals surface area contributed by atoms with Gasteiger partial charge in [0, 0.05) is 16.4 Å². The van der Waals surface area contributed by atoms with Crippen molar-refractivity contribution < 1.29 is 28.2 Å². The summed E-state index contributed by atoms with van der Waals surface area (Å²) in [7, 11) is 1.42. The average Bonchev–Trinajstić information content (AvgIpc) is 2.85. The fourth-order valence-corrected chi connectivity index (χ4v) is 3.46. The number of nitrogens with zero attached hydrogens (tertiary/aromatic N) is 1. The van der Waals surface area contributed by atoms with Gasteiger partial charge >= 0.3 is 11.8 Å². The van der Waals surface area contributed by atoms with Crippen LogP contribution < -0.4 is 25.5 Å². The molecule has 0 spiro atoms. The molecular weight excluding hydrogens is 559 g/mol. The number of carbonyl (C=O) groups excluding carboxylic acids is 3. The van der Waals surface area contributed by atoms with Gasteiger partial charge in [-0.25, -0.2) is 9.82 Å². The van der Waals surface area contributed by atoms with Crippen molar-refractivity contribution in [3.8, 4) is 11.5 Å². The number of nitrogens with one attached hydrogen (secondary N) is 3. The number of anilines is 2. The highest BCUT2D eigenvalue weighted by atomic mass is 79.9. The van der Waals surface area contributed by atoms with E-state index in [1.807, 2.05) is 0 Å². The molecule has 0 atom stereocenters. The first-order chi connectivity index (χ1) is 17.2. The Hall–Kier alpha value is -3.96. The molecule has 0 unspecified atom stereocenters. The normalized spacial score (nSPS) is 10.6. The largest absolute Gasteiger partial charge is 0.493 e. The number of hydrogen-bond acceptors (Lipinski definition) is 6. The first-order valence-electron chi connectivity index (χ1n) is 10.2. The van der Waals surface area contributed by atoms with Crippen LogP contribution in [0.5, 0.6) is 11.5 Å². The molecule has 186 valence electrons. The van der Waals surface area contributed by atoms with E-state index in [0.717, 1.165) is 12.1 Å². The van der Waals surface area contributed by atoms with Gasteiger partial charge in [-0.05, 0) is 82.2 Å². The van der Waals surface area contributed by atoms with Gasteiger partial charge in [-0.3, -0.25) is 14.4 Å². The number of methoxy groups -OCH3 is 1. The number of ether oxygens (including phenoxy) is 2. The molecule has 3 aromatic rings. The van der Waals surface area contributed by atoms with Gasteiger partial charge in [0.2, 0.25) is 0 Å². The van der Waals surface area contributed by atoms with Crippen LogP contribution in [-0.2, 0) is 14.4 Å². The van der Waals surface area contributed by atoms with Crippen molar-refractivity contribution >= 4 is 62.8 Å². The molecule has 3 aromatic carbocycles. The standard InChI is InChI=1S/C24H19BrClFN4O5/c1-35-20-11-14(12-28-31-24(34)23(33)30-18-8-4-16(27)5-9-18)10-19(25)22(20)36-13-21(32)29-17-6-2-15(26)3-7-17/h2-12H,13H2,1H3,(H,29,32)(H,30,33)(H,31,34)/b28-12-. The summed E-state index contributed by atoms with van der Waals surface area (Å²) in [6.07, 6.45) is 1.29. The van der Waals surface area contributed by atoms with Crippen molar-refractivity contribution in [2.45, 2.75) is 0 Å². The molecule has 0 radical (unpaired) electrons. The summed E-state index contributed by atoms with van der Waals surface area (Å²) in [5, 5.41) is 9.31. The zero-order chi connectivity index (χ0) is 26.1. The maximum absolute atomic E-state index is 12.9. The van der Waals surface area contributed by atoms with E-state index in [1.165, 1.54) is 25.5 Å². The first kappa shape index (κ1) is 26.6. The monoisotopic (exact) mass is 576 g/mol. The maximum atomic E-state index is 12.9. The first-order valence-corrected chi connectivity index (χ1v) is 11.4. The Bertz CT molecular complexity index is 1290. The van der Waals surface area contributed by atoms with Gasteiger partial charge < -0.3 is 20.1 Å². The third-order valence-electron chi connectivity index (χ3n) is 4.42. The van der Waals surface area contributed by atoms with Crippen LogP contribution in [0.3, 0.4) is 0 Å². The van der Waals surface area contributed by atoms with E-state index in [-0.39, 0.29) is 18.0 Å². The summed E-state index contributed by atoms with van der Waals surface area (Å²) >= 11 is 9.19. The Balaban J connectivity index is 1.57. The lowest BCUT2D eigenvalue weighted by Gasteiger charge is -2.13. The van der Waals surface area contributed by atoms with Crippen molar-refractivity contribution in [3.05, 3.63) is 81.5 Å². The molecule has 0 aromatic heterocycles. The molecule has 3 rings (SSSR count). The number of rotatable bonds is 8. The van der Waals surface area contributed by atoms with Crippen LogP contribution in [0.15, 0.2) is 70.2 Å². The number of benzene rings is 3. The van der Waals surface area contributed by atoms with Crippen LogP contribution in [-0.4, -0.2) is 37.7 Å². The van der Waals surface area contributed by atoms with E-state index in [0.29, 0.717) is 26.5 Å². The minimum atomic E-state index is -1.02. The molecule has 3 N–H and O–H groups in total. The van der Waals surface area contributed by atoms with E-state index in [4.69, 9.17) is 21.1 Å². The van der Waals surface area contributed by atoms with Gasteiger partial charge in [0.1, 0.15) is 5.82 Å². The number of amides is 3. The lowest BCUT2D eigenvalue weighted by Crippen LogP contribution is -2.32. The maximum Gasteiger partial charge on any atom is 0.329 e. The van der Waals surface area contributed by atoms with E-state index in [1.54, 1.807) is 36.4 Å². The van der Waals surface area contributed by atoms with Crippen LogP contribution in [0, 0.1) is 5.82 Å². The van der Waals surface area contributed by atoms with E-state index < -0.39 is 23.5 Å². The predicted molar refractivity (Wildman–Crippen MR) is 137 cm³/mol. The SMILES string of the molecule is COc1cc(/C=N\NC(=O)C(=O)Nc2ccc(F)cc2)cc(Br)c1OCC(=O)Nc1ccc(Cl)cc1. The second-order valence-electron chi connectivity index (χ2n) is 7.04. The molecule has 0 bridgehead atoms. The lowest BCUT2D eigenvalue weighted by molar-refractivity contribution is -0.136. The Kier molecular flexibility index (Phi) is 9.37. The van der Waals surface area contributed by atoms with Crippen LogP contribution >= 0.6 is 27.5 Å². The minimum absolute atomic E-state index is 0.256. The van der Waals surface area contributed by atoms with E-state index in [9.17, 15) is 18.8 Å². The van der Waals surface area contributed by atoms with Crippen molar-refractivity contribution in [2.24, 2.45) is 5.10 Å². The molecule has 0 fully saturated rings. The van der Waals surface area contributed by atoms with Gasteiger partial charge in [-0.2, -0.15) is 5.10 Å². The summed E-state index contributed by atoms with van der Waals surface area (Å²) in [4.78, 5) is 36.1. The molecule has 0 saturated heterocycles. The van der Waals surface area contributed by atoms with Crippen LogP contribution in [0.1, 0.15) is 5.56 Å². The van der Waals surface area contributed by atoms with Gasteiger partial charge in [0.15, 0.2) is 18.1 Å². The molecule has 0 aliphatic heterocycles. The van der Waals surface area contributed by atoms with Gasteiger partial charge in [-0.15, -0.1) is 0 Å². The lowest BCUT2D eigenvalue weighted by atomic mass is 10.2. The second kappa shape index (κ2) is 12.7. The molecule has 0 aliphatic carbocycles. The fraction of sp³-hybridized carbons (Fsp3) is 0.0833. The molecule has 36 heavy (non-hydrogen) atoms. The summed E-state index contributed by atoms with van der Waals surface area (Å²) in [6.45, 7) is -0.287. The third kappa shape index (κ3) is 7.79.